The lowest BCUT2D eigenvalue weighted by molar-refractivity contribution is -0.305. The number of rotatable bonds is 8. The van der Waals surface area contributed by atoms with Crippen molar-refractivity contribution in [2.75, 3.05) is 13.2 Å². The minimum atomic E-state index is -1.22. The average molecular weight is 292 g/mol. The molecule has 0 aliphatic carbocycles. The Labute approximate surface area is 125 Å². The van der Waals surface area contributed by atoms with Crippen LogP contribution in [-0.4, -0.2) is 25.0 Å². The van der Waals surface area contributed by atoms with E-state index >= 15 is 0 Å². The highest BCUT2D eigenvalue weighted by Gasteiger charge is 2.05. The zero-order valence-electron chi connectivity index (χ0n) is 12.8. The molecule has 0 unspecified atom stereocenters. The number of aliphatic carboxylic acids is 1. The van der Waals surface area contributed by atoms with Crippen LogP contribution in [0.4, 0.5) is 0 Å². The van der Waals surface area contributed by atoms with Gasteiger partial charge in [-0.05, 0) is 42.5 Å². The second-order valence-corrected chi connectivity index (χ2v) is 5.24. The van der Waals surface area contributed by atoms with Crippen LogP contribution < -0.4 is 15.2 Å². The van der Waals surface area contributed by atoms with Crippen molar-refractivity contribution in [3.8, 4) is 5.75 Å². The third kappa shape index (κ3) is 6.29. The van der Waals surface area contributed by atoms with Crippen LogP contribution in [0.5, 0.6) is 5.75 Å². The highest BCUT2D eigenvalue weighted by molar-refractivity contribution is 5.79. The molecular formula is C16H22NO4-. The van der Waals surface area contributed by atoms with E-state index in [1.165, 1.54) is 11.1 Å². The molecule has 0 bridgehead atoms. The Hall–Kier alpha value is -2.04. The summed E-state index contributed by atoms with van der Waals surface area (Å²) < 4.78 is 5.55. The van der Waals surface area contributed by atoms with Gasteiger partial charge in [0, 0.05) is 12.4 Å². The number of hydrogen-bond donors (Lipinski definition) is 1. The number of carbonyl (C=O) groups excluding carboxylic acids is 2. The smallest absolute Gasteiger partial charge is 0.220 e. The summed E-state index contributed by atoms with van der Waals surface area (Å²) >= 11 is 0. The zero-order chi connectivity index (χ0) is 15.8. The summed E-state index contributed by atoms with van der Waals surface area (Å²) in [6.07, 6.45) is -0.326. The highest BCUT2D eigenvalue weighted by Crippen LogP contribution is 2.23. The summed E-state index contributed by atoms with van der Waals surface area (Å²) in [7, 11) is 0. The standard InChI is InChI=1S/C16H23NO4/c1-11(2)14-5-4-13(10-12(14)3)21-9-8-17-15(18)6-7-16(19)20/h4-5,10-11H,6-9H2,1-3H3,(H,17,18)(H,19,20)/p-1. The SMILES string of the molecule is Cc1cc(OCCNC(=O)CCC(=O)[O-])ccc1C(C)C. The predicted molar refractivity (Wildman–Crippen MR) is 78.0 cm³/mol. The highest BCUT2D eigenvalue weighted by atomic mass is 16.5. The van der Waals surface area contributed by atoms with Crippen molar-refractivity contribution in [2.24, 2.45) is 0 Å². The molecule has 0 heterocycles. The number of hydrogen-bond acceptors (Lipinski definition) is 4. The number of aryl methyl sites for hydroxylation is 1. The number of carboxylic acid groups (broad SMARTS) is 1. The lowest BCUT2D eigenvalue weighted by Gasteiger charge is -2.12. The molecule has 21 heavy (non-hydrogen) atoms. The third-order valence-corrected chi connectivity index (χ3v) is 3.11. The van der Waals surface area contributed by atoms with Crippen LogP contribution in [0.25, 0.3) is 0 Å². The van der Waals surface area contributed by atoms with E-state index in [4.69, 9.17) is 4.74 Å². The second-order valence-electron chi connectivity index (χ2n) is 5.24. The molecule has 1 aromatic carbocycles. The van der Waals surface area contributed by atoms with E-state index in [1.807, 2.05) is 25.1 Å². The van der Waals surface area contributed by atoms with Gasteiger partial charge in [0.05, 0.1) is 6.54 Å². The van der Waals surface area contributed by atoms with Gasteiger partial charge < -0.3 is 20.0 Å². The van der Waals surface area contributed by atoms with E-state index in [-0.39, 0.29) is 18.7 Å². The molecular weight excluding hydrogens is 270 g/mol. The fraction of sp³-hybridized carbons (Fsp3) is 0.500. The first kappa shape index (κ1) is 17.0. The molecule has 1 aromatic rings. The van der Waals surface area contributed by atoms with E-state index < -0.39 is 5.97 Å². The number of amides is 1. The summed E-state index contributed by atoms with van der Waals surface area (Å²) in [6.45, 7) is 7.02. The van der Waals surface area contributed by atoms with Crippen molar-refractivity contribution in [3.05, 3.63) is 29.3 Å². The van der Waals surface area contributed by atoms with Crippen LogP contribution in [0.1, 0.15) is 43.7 Å². The van der Waals surface area contributed by atoms with Gasteiger partial charge in [0.2, 0.25) is 5.91 Å². The summed E-state index contributed by atoms with van der Waals surface area (Å²) in [4.78, 5) is 21.5. The maximum atomic E-state index is 11.3. The molecule has 1 amide bonds. The number of nitrogens with one attached hydrogen (secondary N) is 1. The number of benzene rings is 1. The summed E-state index contributed by atoms with van der Waals surface area (Å²) in [5, 5.41) is 12.8. The molecule has 0 saturated heterocycles. The largest absolute Gasteiger partial charge is 0.550 e. The van der Waals surface area contributed by atoms with Crippen molar-refractivity contribution < 1.29 is 19.4 Å². The average Bonchev–Trinajstić information content (AvgIpc) is 2.41. The maximum Gasteiger partial charge on any atom is 0.220 e. The molecule has 5 nitrogen and oxygen atoms in total. The van der Waals surface area contributed by atoms with Gasteiger partial charge in [0.25, 0.3) is 0 Å². The van der Waals surface area contributed by atoms with Crippen LogP contribution in [0, 0.1) is 6.92 Å². The Morgan fingerprint density at radius 2 is 2.00 bits per heavy atom. The topological polar surface area (TPSA) is 78.5 Å². The second kappa shape index (κ2) is 8.29. The van der Waals surface area contributed by atoms with Crippen LogP contribution in [0.2, 0.25) is 0 Å². The van der Waals surface area contributed by atoms with Gasteiger partial charge in [-0.3, -0.25) is 4.79 Å². The van der Waals surface area contributed by atoms with Crippen molar-refractivity contribution in [3.63, 3.8) is 0 Å². The molecule has 0 aliphatic heterocycles. The monoisotopic (exact) mass is 292 g/mol. The Morgan fingerprint density at radius 3 is 2.57 bits per heavy atom. The Morgan fingerprint density at radius 1 is 1.29 bits per heavy atom. The van der Waals surface area contributed by atoms with Crippen molar-refractivity contribution in [1.82, 2.24) is 5.32 Å². The Kier molecular flexibility index (Phi) is 6.72. The van der Waals surface area contributed by atoms with Crippen LogP contribution in [0.15, 0.2) is 18.2 Å². The molecule has 5 heteroatoms. The van der Waals surface area contributed by atoms with E-state index in [2.05, 4.69) is 19.2 Å². The van der Waals surface area contributed by atoms with Gasteiger partial charge in [-0.2, -0.15) is 0 Å². The molecule has 0 radical (unpaired) electrons. The van der Waals surface area contributed by atoms with Gasteiger partial charge in [-0.25, -0.2) is 0 Å². The normalized spacial score (nSPS) is 10.5. The molecule has 0 fully saturated rings. The van der Waals surface area contributed by atoms with Gasteiger partial charge >= 0.3 is 0 Å². The lowest BCUT2D eigenvalue weighted by Crippen LogP contribution is -2.30. The minimum Gasteiger partial charge on any atom is -0.550 e. The van der Waals surface area contributed by atoms with Crippen molar-refractivity contribution in [2.45, 2.75) is 39.5 Å². The van der Waals surface area contributed by atoms with Crippen molar-refractivity contribution >= 4 is 11.9 Å². The van der Waals surface area contributed by atoms with Crippen molar-refractivity contribution in [1.29, 1.82) is 0 Å². The first-order valence-electron chi connectivity index (χ1n) is 7.10. The molecule has 0 atom stereocenters. The first-order chi connectivity index (χ1) is 9.90. The summed E-state index contributed by atoms with van der Waals surface area (Å²) in [6, 6.07) is 5.95. The Balaban J connectivity index is 2.31. The van der Waals surface area contributed by atoms with Crippen LogP contribution in [0.3, 0.4) is 0 Å². The fourth-order valence-corrected chi connectivity index (χ4v) is 2.05. The third-order valence-electron chi connectivity index (χ3n) is 3.11. The van der Waals surface area contributed by atoms with E-state index in [9.17, 15) is 14.7 Å². The first-order valence-corrected chi connectivity index (χ1v) is 7.10. The molecule has 0 aromatic heterocycles. The van der Waals surface area contributed by atoms with Gasteiger partial charge in [0.1, 0.15) is 12.4 Å². The fourth-order valence-electron chi connectivity index (χ4n) is 2.05. The Bertz CT molecular complexity index is 497. The summed E-state index contributed by atoms with van der Waals surface area (Å²) in [5.74, 6) is -0.292. The van der Waals surface area contributed by atoms with Crippen LogP contribution in [-0.2, 0) is 9.59 Å². The van der Waals surface area contributed by atoms with Crippen LogP contribution >= 0.6 is 0 Å². The minimum absolute atomic E-state index is 0.0650. The molecule has 0 spiro atoms. The van der Waals surface area contributed by atoms with E-state index in [0.717, 1.165) is 5.75 Å². The predicted octanol–water partition coefficient (Wildman–Crippen LogP) is 1.14. The van der Waals surface area contributed by atoms with Gasteiger partial charge in [-0.1, -0.05) is 19.9 Å². The zero-order valence-corrected chi connectivity index (χ0v) is 12.8. The molecule has 0 saturated carbocycles. The number of carboxylic acids is 1. The number of ether oxygens (including phenoxy) is 1. The molecule has 0 aliphatic rings. The molecule has 1 N–H and O–H groups in total. The van der Waals surface area contributed by atoms with E-state index in [0.29, 0.717) is 19.1 Å². The molecule has 116 valence electrons. The maximum absolute atomic E-state index is 11.3. The van der Waals surface area contributed by atoms with E-state index in [1.54, 1.807) is 0 Å². The van der Waals surface area contributed by atoms with Gasteiger partial charge in [-0.15, -0.1) is 0 Å². The lowest BCUT2D eigenvalue weighted by atomic mass is 9.98. The quantitative estimate of drug-likeness (QED) is 0.729. The molecule has 1 rings (SSSR count). The summed E-state index contributed by atoms with van der Waals surface area (Å²) in [5.41, 5.74) is 2.47. The van der Waals surface area contributed by atoms with Gasteiger partial charge in [0.15, 0.2) is 0 Å². The number of carbonyl (C=O) groups is 2.